The molecule has 1 aromatic rings. The maximum atomic E-state index is 11.0. The highest BCUT2D eigenvalue weighted by molar-refractivity contribution is 5.27. The molecule has 2 fully saturated rings. The van der Waals surface area contributed by atoms with Gasteiger partial charge in [-0.15, -0.1) is 0 Å². The normalized spacial score (nSPS) is 29.6. The highest BCUT2D eigenvalue weighted by Crippen LogP contribution is 2.53. The van der Waals surface area contributed by atoms with Gasteiger partial charge in [0.15, 0.2) is 0 Å². The lowest BCUT2D eigenvalue weighted by atomic mass is 9.84. The van der Waals surface area contributed by atoms with E-state index >= 15 is 0 Å². The second kappa shape index (κ2) is 6.50. The fraction of sp³-hybridized carbons (Fsp3) is 0.684. The maximum absolute atomic E-state index is 11.0. The summed E-state index contributed by atoms with van der Waals surface area (Å²) in [5.41, 5.74) is 1.10. The van der Waals surface area contributed by atoms with Gasteiger partial charge in [-0.1, -0.05) is 56.0 Å². The van der Waals surface area contributed by atoms with Crippen molar-refractivity contribution < 1.29 is 9.84 Å². The van der Waals surface area contributed by atoms with Crippen LogP contribution in [-0.4, -0.2) is 23.4 Å². The molecule has 0 bridgehead atoms. The van der Waals surface area contributed by atoms with E-state index in [-0.39, 0.29) is 11.7 Å². The largest absolute Gasteiger partial charge is 0.390 e. The molecular formula is C19H28O2. The van der Waals surface area contributed by atoms with Crippen molar-refractivity contribution in [2.45, 2.75) is 69.5 Å². The number of ether oxygens (including phenoxy) is 1. The van der Waals surface area contributed by atoms with Gasteiger partial charge in [0.25, 0.3) is 0 Å². The van der Waals surface area contributed by atoms with E-state index in [0.717, 1.165) is 19.3 Å². The highest BCUT2D eigenvalue weighted by atomic mass is 16.5. The third-order valence-electron chi connectivity index (χ3n) is 5.39. The van der Waals surface area contributed by atoms with Crippen LogP contribution in [0.15, 0.2) is 30.3 Å². The summed E-state index contributed by atoms with van der Waals surface area (Å²) in [6.45, 7) is 2.76. The van der Waals surface area contributed by atoms with Gasteiger partial charge in [0.1, 0.15) is 0 Å². The van der Waals surface area contributed by atoms with Gasteiger partial charge in [0.2, 0.25) is 0 Å². The van der Waals surface area contributed by atoms with E-state index < -0.39 is 0 Å². The van der Waals surface area contributed by atoms with E-state index in [4.69, 9.17) is 4.74 Å². The van der Waals surface area contributed by atoms with Crippen LogP contribution >= 0.6 is 0 Å². The average Bonchev–Trinajstić information content (AvgIpc) is 3.32. The number of aliphatic hydroxyl groups is 1. The Labute approximate surface area is 128 Å². The molecule has 1 aromatic carbocycles. The Kier molecular flexibility index (Phi) is 4.66. The Balaban J connectivity index is 1.72. The zero-order chi connectivity index (χ0) is 14.7. The Hall–Kier alpha value is -0.860. The lowest BCUT2D eigenvalue weighted by Gasteiger charge is -2.37. The van der Waals surface area contributed by atoms with Gasteiger partial charge in [-0.25, -0.2) is 0 Å². The summed E-state index contributed by atoms with van der Waals surface area (Å²) in [4.78, 5) is 0. The standard InChI is InChI=1S/C19H28O2/c1-2-21-19(12-8-3-4-9-13-19)18(20)17-14-16(17)15-10-6-5-7-11-15/h5-7,10-11,16-18,20H,2-4,8-9,12-14H2,1H3. The van der Waals surface area contributed by atoms with Crippen molar-refractivity contribution in [3.8, 4) is 0 Å². The van der Waals surface area contributed by atoms with Crippen molar-refractivity contribution in [2.75, 3.05) is 6.61 Å². The molecule has 0 radical (unpaired) electrons. The Morgan fingerprint density at radius 3 is 2.43 bits per heavy atom. The molecule has 0 aromatic heterocycles. The topological polar surface area (TPSA) is 29.5 Å². The number of benzene rings is 1. The quantitative estimate of drug-likeness (QED) is 0.819. The second-order valence-electron chi connectivity index (χ2n) is 6.77. The summed E-state index contributed by atoms with van der Waals surface area (Å²) in [6.07, 6.45) is 7.82. The molecule has 0 aliphatic heterocycles. The minimum Gasteiger partial charge on any atom is -0.390 e. The maximum Gasteiger partial charge on any atom is 0.0942 e. The molecule has 2 heteroatoms. The smallest absolute Gasteiger partial charge is 0.0942 e. The highest BCUT2D eigenvalue weighted by Gasteiger charge is 2.52. The number of hydrogen-bond acceptors (Lipinski definition) is 2. The Bertz CT molecular complexity index is 434. The first kappa shape index (κ1) is 15.1. The summed E-state index contributed by atoms with van der Waals surface area (Å²) < 4.78 is 6.15. The number of rotatable bonds is 5. The van der Waals surface area contributed by atoms with E-state index in [0.29, 0.717) is 18.4 Å². The van der Waals surface area contributed by atoms with Crippen LogP contribution < -0.4 is 0 Å². The van der Waals surface area contributed by atoms with Crippen molar-refractivity contribution in [3.05, 3.63) is 35.9 Å². The van der Waals surface area contributed by atoms with Gasteiger partial charge in [-0.3, -0.25) is 0 Å². The fourth-order valence-corrected chi connectivity index (χ4v) is 4.18. The van der Waals surface area contributed by atoms with E-state index in [1.165, 1.54) is 31.2 Å². The summed E-state index contributed by atoms with van der Waals surface area (Å²) in [5, 5.41) is 11.0. The monoisotopic (exact) mass is 288 g/mol. The average molecular weight is 288 g/mol. The van der Waals surface area contributed by atoms with Crippen LogP contribution in [0.25, 0.3) is 0 Å². The molecule has 2 aliphatic carbocycles. The first-order chi connectivity index (χ1) is 10.3. The summed E-state index contributed by atoms with van der Waals surface area (Å²) >= 11 is 0. The molecule has 0 heterocycles. The molecule has 2 aliphatic rings. The molecule has 2 saturated carbocycles. The van der Waals surface area contributed by atoms with Crippen LogP contribution in [0.1, 0.15) is 63.4 Å². The predicted molar refractivity (Wildman–Crippen MR) is 85.4 cm³/mol. The second-order valence-corrected chi connectivity index (χ2v) is 6.77. The third kappa shape index (κ3) is 3.17. The van der Waals surface area contributed by atoms with E-state index in [2.05, 4.69) is 37.3 Å². The summed E-state index contributed by atoms with van der Waals surface area (Å²) in [7, 11) is 0. The molecule has 2 nitrogen and oxygen atoms in total. The molecule has 3 atom stereocenters. The third-order valence-corrected chi connectivity index (χ3v) is 5.39. The van der Waals surface area contributed by atoms with Gasteiger partial charge in [0, 0.05) is 6.61 Å². The van der Waals surface area contributed by atoms with Gasteiger partial charge in [-0.05, 0) is 43.6 Å². The van der Waals surface area contributed by atoms with Crippen LogP contribution in [0.2, 0.25) is 0 Å². The summed E-state index contributed by atoms with van der Waals surface area (Å²) in [6, 6.07) is 10.6. The van der Waals surface area contributed by atoms with Crippen LogP contribution in [0.4, 0.5) is 0 Å². The van der Waals surface area contributed by atoms with Crippen molar-refractivity contribution in [3.63, 3.8) is 0 Å². The summed E-state index contributed by atoms with van der Waals surface area (Å²) in [5.74, 6) is 0.916. The first-order valence-electron chi connectivity index (χ1n) is 8.64. The molecule has 21 heavy (non-hydrogen) atoms. The van der Waals surface area contributed by atoms with E-state index in [1.54, 1.807) is 0 Å². The molecule has 0 amide bonds. The van der Waals surface area contributed by atoms with Crippen molar-refractivity contribution in [1.82, 2.24) is 0 Å². The molecule has 3 rings (SSSR count). The molecule has 3 unspecified atom stereocenters. The first-order valence-corrected chi connectivity index (χ1v) is 8.64. The van der Waals surface area contributed by atoms with E-state index in [9.17, 15) is 5.11 Å². The van der Waals surface area contributed by atoms with Crippen LogP contribution in [0, 0.1) is 5.92 Å². The minimum absolute atomic E-state index is 0.278. The van der Waals surface area contributed by atoms with Crippen LogP contribution in [0.5, 0.6) is 0 Å². The van der Waals surface area contributed by atoms with Crippen molar-refractivity contribution in [1.29, 1.82) is 0 Å². The molecule has 116 valence electrons. The lowest BCUT2D eigenvalue weighted by Crippen LogP contribution is -2.46. The molecule has 0 spiro atoms. The molecule has 0 saturated heterocycles. The van der Waals surface area contributed by atoms with Gasteiger partial charge < -0.3 is 9.84 Å². The Morgan fingerprint density at radius 1 is 1.14 bits per heavy atom. The fourth-order valence-electron chi connectivity index (χ4n) is 4.18. The van der Waals surface area contributed by atoms with Gasteiger partial charge >= 0.3 is 0 Å². The molecular weight excluding hydrogens is 260 g/mol. The van der Waals surface area contributed by atoms with Crippen LogP contribution in [-0.2, 0) is 4.74 Å². The number of aliphatic hydroxyl groups excluding tert-OH is 1. The predicted octanol–water partition coefficient (Wildman–Crippen LogP) is 4.28. The van der Waals surface area contributed by atoms with Gasteiger partial charge in [0.05, 0.1) is 11.7 Å². The zero-order valence-electron chi connectivity index (χ0n) is 13.1. The van der Waals surface area contributed by atoms with Crippen LogP contribution in [0.3, 0.4) is 0 Å². The van der Waals surface area contributed by atoms with Crippen molar-refractivity contribution in [2.24, 2.45) is 5.92 Å². The lowest BCUT2D eigenvalue weighted by molar-refractivity contribution is -0.136. The van der Waals surface area contributed by atoms with E-state index in [1.807, 2.05) is 0 Å². The van der Waals surface area contributed by atoms with Crippen molar-refractivity contribution >= 4 is 0 Å². The number of hydrogen-bond donors (Lipinski definition) is 1. The SMILES string of the molecule is CCOC1(C(O)C2CC2c2ccccc2)CCCCCC1. The Morgan fingerprint density at radius 2 is 1.81 bits per heavy atom. The minimum atomic E-state index is -0.305. The van der Waals surface area contributed by atoms with Gasteiger partial charge in [-0.2, -0.15) is 0 Å². The molecule has 1 N–H and O–H groups in total. The zero-order valence-corrected chi connectivity index (χ0v) is 13.1.